The average Bonchev–Trinajstić information content (AvgIpc) is 2.88. The van der Waals surface area contributed by atoms with Crippen LogP contribution in [0.3, 0.4) is 0 Å². The molecule has 8 heteroatoms. The number of alkyl halides is 3. The number of benzene rings is 1. The molecule has 1 radical (unpaired) electrons. The van der Waals surface area contributed by atoms with E-state index in [1.165, 1.54) is 12.1 Å². The number of rotatable bonds is 1. The van der Waals surface area contributed by atoms with Crippen molar-refractivity contribution >= 4 is 11.3 Å². The van der Waals surface area contributed by atoms with E-state index in [0.717, 1.165) is 16.9 Å². The summed E-state index contributed by atoms with van der Waals surface area (Å²) in [4.78, 5) is 7.44. The van der Waals surface area contributed by atoms with Gasteiger partial charge in [0, 0.05) is 0 Å². The highest BCUT2D eigenvalue weighted by atomic mass is 19.4. The van der Waals surface area contributed by atoms with Crippen molar-refractivity contribution < 1.29 is 13.2 Å². The molecule has 0 saturated heterocycles. The van der Waals surface area contributed by atoms with Crippen LogP contribution < -0.4 is 0 Å². The fourth-order valence-electron chi connectivity index (χ4n) is 1.51. The average molecular weight is 252 g/mol. The quantitative estimate of drug-likeness (QED) is 0.720. The minimum atomic E-state index is -4.39. The van der Waals surface area contributed by atoms with E-state index in [0.29, 0.717) is 11.3 Å². The lowest BCUT2D eigenvalue weighted by Crippen LogP contribution is -2.07. The van der Waals surface area contributed by atoms with Gasteiger partial charge < -0.3 is 4.98 Å². The van der Waals surface area contributed by atoms with Crippen molar-refractivity contribution in [1.82, 2.24) is 25.0 Å². The molecule has 1 N–H and O–H groups in total. The van der Waals surface area contributed by atoms with Crippen molar-refractivity contribution in [3.05, 3.63) is 36.2 Å². The molecule has 0 unspecified atom stereocenters. The summed E-state index contributed by atoms with van der Waals surface area (Å²) < 4.78 is 37.7. The Hall–Kier alpha value is -2.38. The smallest absolute Gasteiger partial charge is 0.317 e. The summed E-state index contributed by atoms with van der Waals surface area (Å²) in [7, 11) is 0. The van der Waals surface area contributed by atoms with Crippen LogP contribution in [-0.4, -0.2) is 25.0 Å². The van der Waals surface area contributed by atoms with Gasteiger partial charge in [0.1, 0.15) is 0 Å². The third-order valence-corrected chi connectivity index (χ3v) is 2.34. The van der Waals surface area contributed by atoms with Crippen molar-refractivity contribution in [2.45, 2.75) is 6.18 Å². The molecule has 0 spiro atoms. The standard InChI is InChI=1S/C10H5F3N5/c11-10(12,13)6-2-1-3-7(4-6)18-16-8-9(17-18)15-5-14-8/h1-4H,(H,14,15,16,17). The second kappa shape index (κ2) is 3.56. The van der Waals surface area contributed by atoms with Gasteiger partial charge in [-0.3, -0.25) is 0 Å². The van der Waals surface area contributed by atoms with Gasteiger partial charge in [0.15, 0.2) is 6.33 Å². The summed E-state index contributed by atoms with van der Waals surface area (Å²) in [5.74, 6) is 0. The van der Waals surface area contributed by atoms with Crippen molar-refractivity contribution in [1.29, 1.82) is 0 Å². The highest BCUT2D eigenvalue weighted by molar-refractivity contribution is 5.63. The van der Waals surface area contributed by atoms with Gasteiger partial charge in [-0.1, -0.05) is 6.07 Å². The van der Waals surface area contributed by atoms with E-state index in [4.69, 9.17) is 0 Å². The Morgan fingerprint density at radius 3 is 2.78 bits per heavy atom. The van der Waals surface area contributed by atoms with Crippen LogP contribution in [0.1, 0.15) is 5.56 Å². The van der Waals surface area contributed by atoms with Crippen molar-refractivity contribution in [3.63, 3.8) is 0 Å². The summed E-state index contributed by atoms with van der Waals surface area (Å²) in [5.41, 5.74) is 0.136. The topological polar surface area (TPSA) is 59.4 Å². The first-order valence-corrected chi connectivity index (χ1v) is 4.91. The molecular formula is C10H5F3N5. The second-order valence-corrected chi connectivity index (χ2v) is 3.56. The number of halogens is 3. The number of hydrogen-bond acceptors (Lipinski definition) is 3. The van der Waals surface area contributed by atoms with Crippen molar-refractivity contribution in [2.75, 3.05) is 0 Å². The fraction of sp³-hybridized carbons (Fsp3) is 0.100. The van der Waals surface area contributed by atoms with Crippen LogP contribution in [0.15, 0.2) is 24.3 Å². The third kappa shape index (κ3) is 1.71. The Balaban J connectivity index is 2.09. The molecule has 0 fully saturated rings. The molecular weight excluding hydrogens is 247 g/mol. The fourth-order valence-corrected chi connectivity index (χ4v) is 1.51. The van der Waals surface area contributed by atoms with Gasteiger partial charge in [0.25, 0.3) is 0 Å². The molecule has 0 aliphatic rings. The van der Waals surface area contributed by atoms with Crippen molar-refractivity contribution in [3.8, 4) is 5.69 Å². The zero-order valence-corrected chi connectivity index (χ0v) is 8.73. The van der Waals surface area contributed by atoms with Gasteiger partial charge >= 0.3 is 6.18 Å². The lowest BCUT2D eigenvalue weighted by molar-refractivity contribution is -0.137. The molecule has 2 aromatic heterocycles. The Morgan fingerprint density at radius 1 is 1.22 bits per heavy atom. The van der Waals surface area contributed by atoms with Crippen LogP contribution in [0.4, 0.5) is 13.2 Å². The highest BCUT2D eigenvalue weighted by Gasteiger charge is 2.30. The molecule has 5 nitrogen and oxygen atoms in total. The molecule has 3 aromatic rings. The van der Waals surface area contributed by atoms with E-state index >= 15 is 0 Å². The maximum Gasteiger partial charge on any atom is 0.416 e. The first kappa shape index (κ1) is 10.8. The van der Waals surface area contributed by atoms with Crippen LogP contribution in [-0.2, 0) is 6.18 Å². The Kier molecular flexibility index (Phi) is 2.12. The molecule has 0 amide bonds. The van der Waals surface area contributed by atoms with Crippen LogP contribution in [0.2, 0.25) is 0 Å². The molecule has 0 aliphatic carbocycles. The SMILES string of the molecule is FC(F)(F)c1cccc(-n2nc3n[c][nH]c3n2)c1. The number of fused-ring (bicyclic) bond motifs is 1. The number of nitrogens with one attached hydrogen (secondary N) is 1. The molecule has 0 aliphatic heterocycles. The zero-order chi connectivity index (χ0) is 12.8. The lowest BCUT2D eigenvalue weighted by Gasteiger charge is -2.07. The predicted octanol–water partition coefficient (Wildman–Crippen LogP) is 1.96. The van der Waals surface area contributed by atoms with Gasteiger partial charge in [0.05, 0.1) is 11.3 Å². The molecule has 3 rings (SSSR count). The van der Waals surface area contributed by atoms with E-state index < -0.39 is 11.7 Å². The highest BCUT2D eigenvalue weighted by Crippen LogP contribution is 2.30. The summed E-state index contributed by atoms with van der Waals surface area (Å²) in [6.45, 7) is 0. The molecule has 2 heterocycles. The minimum Gasteiger partial charge on any atom is -0.317 e. The van der Waals surface area contributed by atoms with Gasteiger partial charge in [-0.15, -0.1) is 15.0 Å². The van der Waals surface area contributed by atoms with E-state index in [1.54, 1.807) is 0 Å². The molecule has 91 valence electrons. The Labute approximate surface area is 98.3 Å². The summed E-state index contributed by atoms with van der Waals surface area (Å²) in [6.07, 6.45) is -1.95. The number of imidazole rings is 1. The van der Waals surface area contributed by atoms with Gasteiger partial charge in [-0.05, 0) is 18.2 Å². The Morgan fingerprint density at radius 2 is 2.06 bits per heavy atom. The van der Waals surface area contributed by atoms with Crippen LogP contribution in [0, 0.1) is 6.33 Å². The van der Waals surface area contributed by atoms with Crippen LogP contribution in [0.25, 0.3) is 17.0 Å². The van der Waals surface area contributed by atoms with E-state index in [1.807, 2.05) is 0 Å². The monoisotopic (exact) mass is 252 g/mol. The number of aromatic amines is 1. The summed E-state index contributed by atoms with van der Waals surface area (Å²) in [5, 5.41) is 7.89. The summed E-state index contributed by atoms with van der Waals surface area (Å²) in [6, 6.07) is 4.75. The third-order valence-electron chi connectivity index (χ3n) is 2.34. The molecule has 0 saturated carbocycles. The Bertz CT molecular complexity index is 668. The molecule has 0 atom stereocenters. The van der Waals surface area contributed by atoms with Crippen LogP contribution >= 0.6 is 0 Å². The molecule has 1 aromatic carbocycles. The first-order chi connectivity index (χ1) is 8.54. The van der Waals surface area contributed by atoms with Gasteiger partial charge in [0.2, 0.25) is 11.3 Å². The van der Waals surface area contributed by atoms with Gasteiger partial charge in [-0.25, -0.2) is 4.98 Å². The number of hydrogen-bond donors (Lipinski definition) is 1. The number of aromatic nitrogens is 5. The van der Waals surface area contributed by atoms with E-state index in [9.17, 15) is 13.2 Å². The summed E-state index contributed by atoms with van der Waals surface area (Å²) >= 11 is 0. The molecule has 18 heavy (non-hydrogen) atoms. The van der Waals surface area contributed by atoms with Crippen LogP contribution in [0.5, 0.6) is 0 Å². The molecule has 0 bridgehead atoms. The number of nitrogens with zero attached hydrogens (tertiary/aromatic N) is 4. The lowest BCUT2D eigenvalue weighted by atomic mass is 10.2. The second-order valence-electron chi connectivity index (χ2n) is 3.56. The predicted molar refractivity (Wildman–Crippen MR) is 54.8 cm³/mol. The van der Waals surface area contributed by atoms with Gasteiger partial charge in [-0.2, -0.15) is 13.2 Å². The van der Waals surface area contributed by atoms with E-state index in [-0.39, 0.29) is 5.69 Å². The van der Waals surface area contributed by atoms with E-state index in [2.05, 4.69) is 26.5 Å². The maximum absolute atomic E-state index is 12.6. The zero-order valence-electron chi connectivity index (χ0n) is 8.73. The maximum atomic E-state index is 12.6. The van der Waals surface area contributed by atoms with Crippen molar-refractivity contribution in [2.24, 2.45) is 0 Å². The minimum absolute atomic E-state index is 0.219. The largest absolute Gasteiger partial charge is 0.416 e. The normalized spacial score (nSPS) is 12.2. The first-order valence-electron chi connectivity index (χ1n) is 4.91. The number of H-pyrrole nitrogens is 1.